The number of halogens is 1. The van der Waals surface area contributed by atoms with Crippen LogP contribution in [0.15, 0.2) is 23.2 Å². The normalized spacial score (nSPS) is 16.5. The molecule has 0 saturated carbocycles. The summed E-state index contributed by atoms with van der Waals surface area (Å²) in [6, 6.07) is 4.88. The third kappa shape index (κ3) is 4.92. The number of nitrogens with zero attached hydrogens (tertiary/aromatic N) is 1. The summed E-state index contributed by atoms with van der Waals surface area (Å²) >= 11 is 7.38. The molecule has 118 valence electrons. The van der Waals surface area contributed by atoms with Crippen LogP contribution >= 0.6 is 23.4 Å². The van der Waals surface area contributed by atoms with E-state index in [1.54, 1.807) is 39.0 Å². The summed E-state index contributed by atoms with van der Waals surface area (Å²) in [7, 11) is 0. The van der Waals surface area contributed by atoms with Crippen molar-refractivity contribution >= 4 is 51.9 Å². The second kappa shape index (κ2) is 6.58. The van der Waals surface area contributed by atoms with E-state index < -0.39 is 11.7 Å². The maximum absolute atomic E-state index is 11.7. The summed E-state index contributed by atoms with van der Waals surface area (Å²) < 4.78 is 5.18. The molecule has 6 nitrogen and oxygen atoms in total. The molecule has 1 aliphatic rings. The third-order valence-electron chi connectivity index (χ3n) is 2.40. The largest absolute Gasteiger partial charge is 0.444 e. The number of anilines is 1. The summed E-state index contributed by atoms with van der Waals surface area (Å²) in [5.74, 6) is 0.245. The van der Waals surface area contributed by atoms with Gasteiger partial charge in [0.05, 0.1) is 16.5 Å². The van der Waals surface area contributed by atoms with Crippen LogP contribution in [-0.4, -0.2) is 28.5 Å². The summed E-state index contributed by atoms with van der Waals surface area (Å²) in [5.41, 5.74) is 0.386. The van der Waals surface area contributed by atoms with E-state index in [-0.39, 0.29) is 5.91 Å². The maximum Gasteiger partial charge on any atom is 0.412 e. The molecule has 0 aromatic heterocycles. The first-order valence-corrected chi connectivity index (χ1v) is 7.90. The molecule has 1 aliphatic heterocycles. The number of amides is 2. The van der Waals surface area contributed by atoms with Gasteiger partial charge in [-0.2, -0.15) is 0 Å². The Kier molecular flexibility index (Phi) is 4.97. The first-order valence-electron chi connectivity index (χ1n) is 6.54. The number of aliphatic imine (C=N–C) groups is 1. The Bertz CT molecular complexity index is 641. The van der Waals surface area contributed by atoms with E-state index in [0.29, 0.717) is 27.3 Å². The Morgan fingerprint density at radius 1 is 1.45 bits per heavy atom. The molecule has 22 heavy (non-hydrogen) atoms. The fourth-order valence-corrected chi connectivity index (χ4v) is 2.44. The summed E-state index contributed by atoms with van der Waals surface area (Å²) in [6.45, 7) is 5.35. The number of ether oxygens (including phenoxy) is 1. The van der Waals surface area contributed by atoms with Gasteiger partial charge in [-0.05, 0) is 39.0 Å². The molecular weight excluding hydrogens is 326 g/mol. The van der Waals surface area contributed by atoms with Crippen LogP contribution in [0.3, 0.4) is 0 Å². The van der Waals surface area contributed by atoms with Crippen LogP contribution < -0.4 is 10.6 Å². The lowest BCUT2D eigenvalue weighted by molar-refractivity contribution is -0.116. The zero-order valence-electron chi connectivity index (χ0n) is 12.4. The minimum Gasteiger partial charge on any atom is -0.444 e. The smallest absolute Gasteiger partial charge is 0.412 e. The molecule has 2 N–H and O–H groups in total. The van der Waals surface area contributed by atoms with Gasteiger partial charge in [-0.1, -0.05) is 23.4 Å². The van der Waals surface area contributed by atoms with Gasteiger partial charge in [0.25, 0.3) is 0 Å². The van der Waals surface area contributed by atoms with Crippen molar-refractivity contribution in [2.45, 2.75) is 26.4 Å². The van der Waals surface area contributed by atoms with E-state index in [0.717, 1.165) is 0 Å². The van der Waals surface area contributed by atoms with Crippen molar-refractivity contribution < 1.29 is 14.3 Å². The molecule has 1 aromatic rings. The van der Waals surface area contributed by atoms with Crippen LogP contribution in [0.1, 0.15) is 20.8 Å². The predicted molar refractivity (Wildman–Crippen MR) is 89.0 cm³/mol. The molecule has 1 saturated heterocycles. The third-order valence-corrected chi connectivity index (χ3v) is 3.59. The summed E-state index contributed by atoms with van der Waals surface area (Å²) in [4.78, 5) is 27.2. The van der Waals surface area contributed by atoms with E-state index >= 15 is 0 Å². The van der Waals surface area contributed by atoms with Gasteiger partial charge >= 0.3 is 6.09 Å². The summed E-state index contributed by atoms with van der Waals surface area (Å²) in [5, 5.41) is 6.15. The number of carbonyl (C=O) groups is 2. The van der Waals surface area contributed by atoms with Crippen molar-refractivity contribution in [2.24, 2.45) is 4.99 Å². The second-order valence-electron chi connectivity index (χ2n) is 5.55. The van der Waals surface area contributed by atoms with Crippen molar-refractivity contribution in [2.75, 3.05) is 11.1 Å². The number of hydrogen-bond donors (Lipinski definition) is 2. The molecule has 2 rings (SSSR count). The fourth-order valence-electron chi connectivity index (χ4n) is 1.59. The van der Waals surface area contributed by atoms with E-state index in [2.05, 4.69) is 15.6 Å². The lowest BCUT2D eigenvalue weighted by Crippen LogP contribution is -2.27. The number of rotatable bonds is 2. The molecule has 0 spiro atoms. The fraction of sp³-hybridized carbons (Fsp3) is 0.357. The Morgan fingerprint density at radius 2 is 2.18 bits per heavy atom. The van der Waals surface area contributed by atoms with Crippen LogP contribution in [0.2, 0.25) is 5.02 Å². The first kappa shape index (κ1) is 16.6. The molecule has 0 aliphatic carbocycles. The number of carbonyl (C=O) groups excluding carboxylic acids is 2. The van der Waals surface area contributed by atoms with Gasteiger partial charge < -0.3 is 10.1 Å². The highest BCUT2D eigenvalue weighted by Crippen LogP contribution is 2.30. The van der Waals surface area contributed by atoms with Gasteiger partial charge in [0, 0.05) is 5.69 Å². The van der Waals surface area contributed by atoms with Crippen molar-refractivity contribution in [1.82, 2.24) is 5.32 Å². The van der Waals surface area contributed by atoms with Crippen LogP contribution in [-0.2, 0) is 9.53 Å². The number of amidine groups is 1. The predicted octanol–water partition coefficient (Wildman–Crippen LogP) is 3.54. The lowest BCUT2D eigenvalue weighted by atomic mass is 10.2. The quantitative estimate of drug-likeness (QED) is 0.862. The standard InChI is InChI=1S/C14H16ClN3O3S/c1-14(2,3)21-13(20)16-8-4-5-9(15)10(6-8)17-12-18-11(19)7-22-12/h4-6H,7H2,1-3H3,(H,16,20)(H,17,18,19). The van der Waals surface area contributed by atoms with Crippen molar-refractivity contribution in [1.29, 1.82) is 0 Å². The summed E-state index contributed by atoms with van der Waals surface area (Å²) in [6.07, 6.45) is -0.558. The maximum atomic E-state index is 11.7. The van der Waals surface area contributed by atoms with Crippen molar-refractivity contribution in [3.8, 4) is 0 Å². The Balaban J connectivity index is 2.13. The van der Waals surface area contributed by atoms with Crippen molar-refractivity contribution in [3.63, 3.8) is 0 Å². The average Bonchev–Trinajstić information content (AvgIpc) is 2.76. The molecule has 0 unspecified atom stereocenters. The monoisotopic (exact) mass is 341 g/mol. The number of hydrogen-bond acceptors (Lipinski definition) is 5. The molecule has 1 fully saturated rings. The minimum atomic E-state index is -0.579. The lowest BCUT2D eigenvalue weighted by Gasteiger charge is -2.19. The molecule has 0 bridgehead atoms. The van der Waals surface area contributed by atoms with E-state index in [4.69, 9.17) is 16.3 Å². The molecule has 1 aromatic carbocycles. The molecule has 0 atom stereocenters. The highest BCUT2D eigenvalue weighted by Gasteiger charge is 2.18. The Morgan fingerprint density at radius 3 is 2.77 bits per heavy atom. The van der Waals surface area contributed by atoms with Crippen LogP contribution in [0.5, 0.6) is 0 Å². The molecule has 2 amide bonds. The number of nitrogens with one attached hydrogen (secondary N) is 2. The van der Waals surface area contributed by atoms with Crippen LogP contribution in [0.4, 0.5) is 16.2 Å². The molecule has 8 heteroatoms. The molecule has 1 heterocycles. The SMILES string of the molecule is CC(C)(C)OC(=O)Nc1ccc(Cl)c(N=C2NC(=O)CS2)c1. The zero-order valence-corrected chi connectivity index (χ0v) is 14.0. The van der Waals surface area contributed by atoms with Crippen molar-refractivity contribution in [3.05, 3.63) is 23.2 Å². The van der Waals surface area contributed by atoms with E-state index in [1.165, 1.54) is 11.8 Å². The molecule has 0 radical (unpaired) electrons. The average molecular weight is 342 g/mol. The van der Waals surface area contributed by atoms with E-state index in [9.17, 15) is 9.59 Å². The van der Waals surface area contributed by atoms with Gasteiger partial charge in [-0.3, -0.25) is 10.1 Å². The Hall–Kier alpha value is -1.73. The minimum absolute atomic E-state index is 0.0945. The highest BCUT2D eigenvalue weighted by atomic mass is 35.5. The highest BCUT2D eigenvalue weighted by molar-refractivity contribution is 8.15. The van der Waals surface area contributed by atoms with Gasteiger partial charge in [0.2, 0.25) is 5.91 Å². The van der Waals surface area contributed by atoms with Crippen LogP contribution in [0.25, 0.3) is 0 Å². The van der Waals surface area contributed by atoms with E-state index in [1.807, 2.05) is 0 Å². The first-order chi connectivity index (χ1) is 10.2. The topological polar surface area (TPSA) is 79.8 Å². The van der Waals surface area contributed by atoms with Gasteiger partial charge in [-0.15, -0.1) is 0 Å². The number of benzene rings is 1. The van der Waals surface area contributed by atoms with Gasteiger partial charge in [-0.25, -0.2) is 9.79 Å². The Labute approximate surface area is 137 Å². The van der Waals surface area contributed by atoms with Crippen LogP contribution in [0, 0.1) is 0 Å². The molecular formula is C14H16ClN3O3S. The second-order valence-corrected chi connectivity index (χ2v) is 6.92. The number of thioether (sulfide) groups is 1. The van der Waals surface area contributed by atoms with Gasteiger partial charge in [0.1, 0.15) is 5.60 Å². The zero-order chi connectivity index (χ0) is 16.3. The van der Waals surface area contributed by atoms with Gasteiger partial charge in [0.15, 0.2) is 5.17 Å².